The minimum Gasteiger partial charge on any atom is -0.273 e. The Morgan fingerprint density at radius 2 is 2.25 bits per heavy atom. The fourth-order valence-corrected chi connectivity index (χ4v) is 1.12. The van der Waals surface area contributed by atoms with Crippen LogP contribution >= 0.6 is 12.2 Å². The van der Waals surface area contributed by atoms with Gasteiger partial charge in [-0.1, -0.05) is 18.3 Å². The first-order chi connectivity index (χ1) is 5.88. The molecule has 12 heavy (non-hydrogen) atoms. The van der Waals surface area contributed by atoms with Crippen molar-refractivity contribution < 1.29 is 0 Å². The molecule has 0 spiro atoms. The van der Waals surface area contributed by atoms with E-state index in [2.05, 4.69) is 20.4 Å². The molecule has 4 nitrogen and oxygen atoms in total. The fourth-order valence-electron chi connectivity index (χ4n) is 0.921. The van der Waals surface area contributed by atoms with Crippen LogP contribution in [0.2, 0.25) is 0 Å². The van der Waals surface area contributed by atoms with E-state index in [0.717, 1.165) is 5.69 Å². The van der Waals surface area contributed by atoms with Crippen LogP contribution in [0.25, 0.3) is 11.4 Å². The van der Waals surface area contributed by atoms with E-state index in [4.69, 9.17) is 12.2 Å². The van der Waals surface area contributed by atoms with Crippen LogP contribution in [-0.4, -0.2) is 20.4 Å². The summed E-state index contributed by atoms with van der Waals surface area (Å²) < 4.78 is 0.578. The first-order valence-corrected chi connectivity index (χ1v) is 3.83. The number of aromatic nitrogens is 4. The van der Waals surface area contributed by atoms with Crippen LogP contribution in [0.4, 0.5) is 0 Å². The van der Waals surface area contributed by atoms with Gasteiger partial charge in [0.25, 0.3) is 0 Å². The lowest BCUT2D eigenvalue weighted by atomic mass is 10.3. The normalized spacial score (nSPS) is 10.0. The standard InChI is InChI=1S/C7H6N4S/c12-7-6(9-11-10-7)5-3-1-2-4-8-5/h1-4H,(H2,9,10,11,12). The topological polar surface area (TPSA) is 57.4 Å². The van der Waals surface area contributed by atoms with Crippen LogP contribution in [-0.2, 0) is 0 Å². The SMILES string of the molecule is S=c1[nH][nH]nc1-c1ccccn1. The zero-order valence-electron chi connectivity index (χ0n) is 6.11. The summed E-state index contributed by atoms with van der Waals surface area (Å²) in [4.78, 5) is 4.11. The molecule has 0 aromatic carbocycles. The summed E-state index contributed by atoms with van der Waals surface area (Å²) in [5.74, 6) is 0. The second kappa shape index (κ2) is 2.86. The maximum Gasteiger partial charge on any atom is 0.149 e. The number of hydrogen-bond donors (Lipinski definition) is 2. The van der Waals surface area contributed by atoms with E-state index in [-0.39, 0.29) is 0 Å². The van der Waals surface area contributed by atoms with E-state index >= 15 is 0 Å². The molecule has 0 aliphatic carbocycles. The van der Waals surface area contributed by atoms with Crippen LogP contribution in [0, 0.1) is 4.64 Å². The van der Waals surface area contributed by atoms with Gasteiger partial charge in [0.15, 0.2) is 0 Å². The summed E-state index contributed by atoms with van der Waals surface area (Å²) in [7, 11) is 0. The molecule has 60 valence electrons. The van der Waals surface area contributed by atoms with Gasteiger partial charge in [-0.15, -0.1) is 0 Å². The molecule has 0 fully saturated rings. The van der Waals surface area contributed by atoms with Gasteiger partial charge < -0.3 is 0 Å². The summed E-state index contributed by atoms with van der Waals surface area (Å²) in [6, 6.07) is 5.61. The maximum atomic E-state index is 4.98. The van der Waals surface area contributed by atoms with Crippen LogP contribution in [0.5, 0.6) is 0 Å². The van der Waals surface area contributed by atoms with Crippen LogP contribution in [0.15, 0.2) is 24.4 Å². The highest BCUT2D eigenvalue weighted by molar-refractivity contribution is 7.71. The van der Waals surface area contributed by atoms with Crippen LogP contribution in [0.1, 0.15) is 0 Å². The quantitative estimate of drug-likeness (QED) is 0.651. The number of rotatable bonds is 1. The predicted molar refractivity (Wildman–Crippen MR) is 47.0 cm³/mol. The molecule has 0 aliphatic rings. The third-order valence-electron chi connectivity index (χ3n) is 1.46. The molecule has 0 radical (unpaired) electrons. The van der Waals surface area contributed by atoms with Crippen LogP contribution < -0.4 is 0 Å². The lowest BCUT2D eigenvalue weighted by Gasteiger charge is -1.90. The summed E-state index contributed by atoms with van der Waals surface area (Å²) in [6.07, 6.45) is 1.71. The van der Waals surface area contributed by atoms with E-state index in [1.165, 1.54) is 0 Å². The Kier molecular flexibility index (Phi) is 1.71. The molecule has 0 atom stereocenters. The molecule has 5 heteroatoms. The largest absolute Gasteiger partial charge is 0.273 e. The number of H-pyrrole nitrogens is 2. The Balaban J connectivity index is 2.59. The monoisotopic (exact) mass is 178 g/mol. The van der Waals surface area contributed by atoms with Gasteiger partial charge in [-0.25, -0.2) is 5.21 Å². The zero-order valence-corrected chi connectivity index (χ0v) is 6.93. The van der Waals surface area contributed by atoms with E-state index < -0.39 is 0 Å². The van der Waals surface area contributed by atoms with Gasteiger partial charge in [-0.3, -0.25) is 10.1 Å². The lowest BCUT2D eigenvalue weighted by molar-refractivity contribution is 0.937. The van der Waals surface area contributed by atoms with Crippen molar-refractivity contribution in [3.05, 3.63) is 29.0 Å². The molecule has 0 amide bonds. The minimum atomic E-state index is 0.578. The van der Waals surface area contributed by atoms with Gasteiger partial charge in [0.2, 0.25) is 0 Å². The van der Waals surface area contributed by atoms with Gasteiger partial charge in [0.05, 0.1) is 5.69 Å². The average Bonchev–Trinajstić information content (AvgIpc) is 2.53. The highest BCUT2D eigenvalue weighted by Gasteiger charge is 2.01. The molecular formula is C7H6N4S. The summed E-state index contributed by atoms with van der Waals surface area (Å²) in [5.41, 5.74) is 1.46. The summed E-state index contributed by atoms with van der Waals surface area (Å²) in [5, 5.41) is 9.22. The first kappa shape index (κ1) is 7.17. The smallest absolute Gasteiger partial charge is 0.149 e. The lowest BCUT2D eigenvalue weighted by Crippen LogP contribution is -1.81. The second-order valence-corrected chi connectivity index (χ2v) is 2.65. The third kappa shape index (κ3) is 1.14. The molecule has 0 saturated carbocycles. The highest BCUT2D eigenvalue weighted by atomic mass is 32.1. The molecule has 0 aliphatic heterocycles. The number of aromatic amines is 2. The van der Waals surface area contributed by atoms with Gasteiger partial charge >= 0.3 is 0 Å². The van der Waals surface area contributed by atoms with Gasteiger partial charge in [0, 0.05) is 6.20 Å². The minimum absolute atomic E-state index is 0.578. The molecular weight excluding hydrogens is 172 g/mol. The molecule has 2 heterocycles. The van der Waals surface area contributed by atoms with E-state index in [0.29, 0.717) is 10.3 Å². The molecule has 2 aromatic rings. The summed E-state index contributed by atoms with van der Waals surface area (Å²) >= 11 is 4.98. The highest BCUT2D eigenvalue weighted by Crippen LogP contribution is 2.11. The van der Waals surface area contributed by atoms with Crippen molar-refractivity contribution >= 4 is 12.2 Å². The van der Waals surface area contributed by atoms with Crippen molar-refractivity contribution in [2.45, 2.75) is 0 Å². The van der Waals surface area contributed by atoms with Gasteiger partial charge in [-0.2, -0.15) is 5.10 Å². The maximum absolute atomic E-state index is 4.98. The van der Waals surface area contributed by atoms with E-state index in [9.17, 15) is 0 Å². The van der Waals surface area contributed by atoms with Crippen LogP contribution in [0.3, 0.4) is 0 Å². The number of pyridine rings is 1. The Bertz CT molecular complexity index is 416. The number of hydrogen-bond acceptors (Lipinski definition) is 3. The molecule has 2 N–H and O–H groups in total. The van der Waals surface area contributed by atoms with Gasteiger partial charge in [0.1, 0.15) is 10.3 Å². The Morgan fingerprint density at radius 3 is 2.83 bits per heavy atom. The summed E-state index contributed by atoms with van der Waals surface area (Å²) in [6.45, 7) is 0. The number of nitrogens with zero attached hydrogens (tertiary/aromatic N) is 2. The fraction of sp³-hybridized carbons (Fsp3) is 0. The number of nitrogens with one attached hydrogen (secondary N) is 2. The van der Waals surface area contributed by atoms with Crippen molar-refractivity contribution in [1.29, 1.82) is 0 Å². The first-order valence-electron chi connectivity index (χ1n) is 3.42. The van der Waals surface area contributed by atoms with Crippen molar-refractivity contribution in [2.75, 3.05) is 0 Å². The second-order valence-electron chi connectivity index (χ2n) is 2.24. The average molecular weight is 178 g/mol. The third-order valence-corrected chi connectivity index (χ3v) is 1.76. The van der Waals surface area contributed by atoms with E-state index in [1.807, 2.05) is 18.2 Å². The van der Waals surface area contributed by atoms with Crippen molar-refractivity contribution in [1.82, 2.24) is 20.4 Å². The van der Waals surface area contributed by atoms with Crippen molar-refractivity contribution in [2.24, 2.45) is 0 Å². The van der Waals surface area contributed by atoms with E-state index in [1.54, 1.807) is 6.20 Å². The molecule has 0 unspecified atom stereocenters. The Labute approximate surface area is 73.7 Å². The predicted octanol–water partition coefficient (Wildman–Crippen LogP) is 1.53. The Morgan fingerprint density at radius 1 is 1.33 bits per heavy atom. The molecule has 2 aromatic heterocycles. The Hall–Kier alpha value is -1.49. The molecule has 0 saturated heterocycles. The molecule has 2 rings (SSSR count). The zero-order chi connectivity index (χ0) is 8.39. The molecule has 0 bridgehead atoms. The van der Waals surface area contributed by atoms with Crippen molar-refractivity contribution in [3.8, 4) is 11.4 Å². The van der Waals surface area contributed by atoms with Crippen molar-refractivity contribution in [3.63, 3.8) is 0 Å². The van der Waals surface area contributed by atoms with Gasteiger partial charge in [-0.05, 0) is 12.1 Å².